The molecule has 2 N–H and O–H groups in total. The van der Waals surface area contributed by atoms with Crippen molar-refractivity contribution in [2.24, 2.45) is 5.16 Å². The minimum atomic E-state index is -0.435. The Bertz CT molecular complexity index is 995. The third-order valence-corrected chi connectivity index (χ3v) is 6.66. The van der Waals surface area contributed by atoms with Crippen molar-refractivity contribution in [3.8, 4) is 0 Å². The molecule has 0 radical (unpaired) electrons. The fourth-order valence-electron chi connectivity index (χ4n) is 4.45. The van der Waals surface area contributed by atoms with Crippen molar-refractivity contribution in [1.82, 2.24) is 15.3 Å². The van der Waals surface area contributed by atoms with Gasteiger partial charge in [0.15, 0.2) is 0 Å². The molecule has 2 fully saturated rings. The molecule has 2 heterocycles. The number of aryl methyl sites for hydroxylation is 1. The smallest absolute Gasteiger partial charge is 0.319 e. The van der Waals surface area contributed by atoms with E-state index < -0.39 is 11.8 Å². The number of benzene rings is 1. The number of hydrogen-bond acceptors (Lipinski definition) is 6. The molecule has 0 unspecified atom stereocenters. The number of amides is 2. The van der Waals surface area contributed by atoms with Gasteiger partial charge in [0.2, 0.25) is 5.95 Å². The summed E-state index contributed by atoms with van der Waals surface area (Å²) in [7, 11) is 1.50. The fraction of sp³-hybridized carbons (Fsp3) is 0.520. The zero-order valence-corrected chi connectivity index (χ0v) is 19.9. The van der Waals surface area contributed by atoms with E-state index in [0.29, 0.717) is 0 Å². The van der Waals surface area contributed by atoms with Crippen LogP contribution in [0.25, 0.3) is 0 Å². The first-order chi connectivity index (χ1) is 16.6. The van der Waals surface area contributed by atoms with Crippen molar-refractivity contribution in [3.63, 3.8) is 0 Å². The van der Waals surface area contributed by atoms with Gasteiger partial charge in [0.25, 0.3) is 0 Å². The molecule has 8 nitrogen and oxygen atoms in total. The number of nitrogens with zero attached hydrogens (tertiary/aromatic N) is 4. The Morgan fingerprint density at radius 2 is 1.88 bits per heavy atom. The van der Waals surface area contributed by atoms with Crippen LogP contribution in [0.5, 0.6) is 0 Å². The molecule has 182 valence electrons. The Labute approximate surface area is 200 Å². The van der Waals surface area contributed by atoms with Crippen LogP contribution in [0.1, 0.15) is 62.5 Å². The molecule has 1 aliphatic heterocycles. The number of carbonyl (C=O) groups excluding carboxylic acids is 1. The zero-order valence-electron chi connectivity index (χ0n) is 19.9. The van der Waals surface area contributed by atoms with Crippen molar-refractivity contribution in [3.05, 3.63) is 47.5 Å². The van der Waals surface area contributed by atoms with Crippen LogP contribution in [0.15, 0.2) is 35.7 Å². The standard InChI is InChI=1S/C25H33FN6O2/c1-3-17-15-28-24(29-16-17)32-12-10-21(11-13-32)34-31-20-7-4-18(5-8-20)19-6-9-23(22(26)14-19)30-25(33)27-2/h6,9,14-16,18,21H,3-5,7-8,10-13H2,1-2H3,(H2,27,30,33). The van der Waals surface area contributed by atoms with E-state index in [2.05, 4.69) is 37.6 Å². The molecule has 1 saturated carbocycles. The molecule has 0 atom stereocenters. The van der Waals surface area contributed by atoms with E-state index in [4.69, 9.17) is 4.84 Å². The molecule has 4 rings (SSSR count). The lowest BCUT2D eigenvalue weighted by atomic mass is 9.83. The molecule has 1 aromatic heterocycles. The highest BCUT2D eigenvalue weighted by Gasteiger charge is 2.24. The van der Waals surface area contributed by atoms with Crippen molar-refractivity contribution in [1.29, 1.82) is 0 Å². The molecule has 2 aromatic rings. The summed E-state index contributed by atoms with van der Waals surface area (Å²) in [6.07, 6.45) is 10.2. The Hall–Kier alpha value is -3.23. The van der Waals surface area contributed by atoms with Gasteiger partial charge < -0.3 is 20.4 Å². The first-order valence-electron chi connectivity index (χ1n) is 12.1. The van der Waals surface area contributed by atoms with Gasteiger partial charge in [-0.2, -0.15) is 0 Å². The van der Waals surface area contributed by atoms with Crippen LogP contribution in [-0.4, -0.2) is 48.0 Å². The van der Waals surface area contributed by atoms with Crippen LogP contribution in [0.4, 0.5) is 20.8 Å². The summed E-state index contributed by atoms with van der Waals surface area (Å²) in [6.45, 7) is 3.82. The number of carbonyl (C=O) groups is 1. The molecule has 9 heteroatoms. The van der Waals surface area contributed by atoms with Crippen LogP contribution in [0, 0.1) is 5.82 Å². The van der Waals surface area contributed by atoms with Crippen molar-refractivity contribution in [2.45, 2.75) is 63.9 Å². The van der Waals surface area contributed by atoms with Gasteiger partial charge in [0.1, 0.15) is 11.9 Å². The molecular formula is C25H33FN6O2. The molecule has 1 aromatic carbocycles. The summed E-state index contributed by atoms with van der Waals surface area (Å²) in [5.41, 5.74) is 3.37. The van der Waals surface area contributed by atoms with E-state index >= 15 is 0 Å². The number of rotatable bonds is 6. The average Bonchev–Trinajstić information content (AvgIpc) is 2.89. The Morgan fingerprint density at radius 1 is 1.18 bits per heavy atom. The highest BCUT2D eigenvalue weighted by atomic mass is 19.1. The lowest BCUT2D eigenvalue weighted by molar-refractivity contribution is 0.0406. The number of nitrogens with one attached hydrogen (secondary N) is 2. The summed E-state index contributed by atoms with van der Waals surface area (Å²) in [4.78, 5) is 28.5. The lowest BCUT2D eigenvalue weighted by Crippen LogP contribution is -2.37. The van der Waals surface area contributed by atoms with E-state index in [0.717, 1.165) is 80.8 Å². The summed E-state index contributed by atoms with van der Waals surface area (Å²) >= 11 is 0. The van der Waals surface area contributed by atoms with Gasteiger partial charge in [-0.25, -0.2) is 19.2 Å². The monoisotopic (exact) mass is 468 g/mol. The summed E-state index contributed by atoms with van der Waals surface area (Å²) in [5.74, 6) is 0.654. The second-order valence-electron chi connectivity index (χ2n) is 8.91. The zero-order chi connectivity index (χ0) is 23.9. The third kappa shape index (κ3) is 6.01. The number of aromatic nitrogens is 2. The molecule has 0 bridgehead atoms. The quantitative estimate of drug-likeness (QED) is 0.603. The summed E-state index contributed by atoms with van der Waals surface area (Å²) in [5, 5.41) is 9.38. The van der Waals surface area contributed by atoms with Crippen molar-refractivity contribution in [2.75, 3.05) is 30.4 Å². The molecule has 2 amide bonds. The van der Waals surface area contributed by atoms with Gasteiger partial charge in [-0.1, -0.05) is 18.1 Å². The summed E-state index contributed by atoms with van der Waals surface area (Å²) in [6, 6.07) is 4.62. The largest absolute Gasteiger partial charge is 0.392 e. The Morgan fingerprint density at radius 3 is 2.50 bits per heavy atom. The maximum atomic E-state index is 14.4. The van der Waals surface area contributed by atoms with Gasteiger partial charge in [0.05, 0.1) is 11.4 Å². The van der Waals surface area contributed by atoms with Gasteiger partial charge in [-0.05, 0) is 61.3 Å². The van der Waals surface area contributed by atoms with Gasteiger partial charge >= 0.3 is 6.03 Å². The molecule has 0 spiro atoms. The second-order valence-corrected chi connectivity index (χ2v) is 8.91. The summed E-state index contributed by atoms with van der Waals surface area (Å²) < 4.78 is 14.4. The number of urea groups is 1. The van der Waals surface area contributed by atoms with Crippen molar-refractivity contribution >= 4 is 23.4 Å². The molecule has 34 heavy (non-hydrogen) atoms. The van der Waals surface area contributed by atoms with Crippen LogP contribution in [0.2, 0.25) is 0 Å². The maximum Gasteiger partial charge on any atom is 0.319 e. The van der Waals surface area contributed by atoms with Crippen LogP contribution in [-0.2, 0) is 11.3 Å². The number of anilines is 2. The fourth-order valence-corrected chi connectivity index (χ4v) is 4.45. The van der Waals surface area contributed by atoms with Crippen molar-refractivity contribution < 1.29 is 14.0 Å². The van der Waals surface area contributed by atoms with Gasteiger partial charge in [-0.3, -0.25) is 0 Å². The normalized spacial score (nSPS) is 19.0. The minimum Gasteiger partial charge on any atom is -0.392 e. The number of piperidine rings is 1. The first-order valence-corrected chi connectivity index (χ1v) is 12.1. The van der Waals surface area contributed by atoms with Gasteiger partial charge in [0, 0.05) is 45.4 Å². The lowest BCUT2D eigenvalue weighted by Gasteiger charge is -2.31. The SMILES string of the molecule is CCc1cnc(N2CCC(ON=C3CCC(c4ccc(NC(=O)NC)c(F)c4)CC3)CC2)nc1. The Balaban J connectivity index is 1.22. The predicted octanol–water partition coefficient (Wildman–Crippen LogP) is 4.63. The minimum absolute atomic E-state index is 0.117. The van der Waals surface area contributed by atoms with Crippen LogP contribution < -0.4 is 15.5 Å². The average molecular weight is 469 g/mol. The Kier molecular flexibility index (Phi) is 7.92. The number of hydrogen-bond donors (Lipinski definition) is 2. The van der Waals surface area contributed by atoms with Gasteiger partial charge in [-0.15, -0.1) is 0 Å². The highest BCUT2D eigenvalue weighted by molar-refractivity contribution is 5.89. The number of oxime groups is 1. The number of halogens is 1. The topological polar surface area (TPSA) is 91.7 Å². The van der Waals surface area contributed by atoms with Crippen LogP contribution in [0.3, 0.4) is 0 Å². The predicted molar refractivity (Wildman–Crippen MR) is 131 cm³/mol. The first kappa shape index (κ1) is 23.9. The van der Waals surface area contributed by atoms with E-state index in [-0.39, 0.29) is 17.7 Å². The maximum absolute atomic E-state index is 14.4. The van der Waals surface area contributed by atoms with E-state index in [1.165, 1.54) is 13.1 Å². The third-order valence-electron chi connectivity index (χ3n) is 6.66. The second kappa shape index (κ2) is 11.3. The van der Waals surface area contributed by atoms with E-state index in [1.54, 1.807) is 6.07 Å². The molecule has 1 saturated heterocycles. The van der Waals surface area contributed by atoms with E-state index in [9.17, 15) is 9.18 Å². The van der Waals surface area contributed by atoms with E-state index in [1.807, 2.05) is 18.5 Å². The highest BCUT2D eigenvalue weighted by Crippen LogP contribution is 2.33. The molecule has 1 aliphatic carbocycles. The molecular weight excluding hydrogens is 435 g/mol. The van der Waals surface area contributed by atoms with Crippen LogP contribution >= 0.6 is 0 Å². The molecule has 2 aliphatic rings.